The lowest BCUT2D eigenvalue weighted by Gasteiger charge is -2.15. The summed E-state index contributed by atoms with van der Waals surface area (Å²) in [5.41, 5.74) is 0.451. The summed E-state index contributed by atoms with van der Waals surface area (Å²) in [4.78, 5) is 11.5. The molecular formula is C13H17Cl2NO2S. The fourth-order valence-corrected chi connectivity index (χ4v) is 2.87. The quantitative estimate of drug-likeness (QED) is 0.758. The zero-order valence-electron chi connectivity index (χ0n) is 10.7. The lowest BCUT2D eigenvalue weighted by Crippen LogP contribution is -2.30. The SMILES string of the molecule is CCCSCC(=O)NCC(O)c1c(Cl)cccc1Cl. The highest BCUT2D eigenvalue weighted by atomic mass is 35.5. The van der Waals surface area contributed by atoms with Crippen molar-refractivity contribution in [3.63, 3.8) is 0 Å². The monoisotopic (exact) mass is 321 g/mol. The molecule has 1 aromatic rings. The van der Waals surface area contributed by atoms with Gasteiger partial charge in [-0.2, -0.15) is 11.8 Å². The van der Waals surface area contributed by atoms with E-state index in [1.54, 1.807) is 30.0 Å². The van der Waals surface area contributed by atoms with Crippen molar-refractivity contribution < 1.29 is 9.90 Å². The molecule has 106 valence electrons. The van der Waals surface area contributed by atoms with E-state index in [1.807, 2.05) is 0 Å². The molecule has 1 unspecified atom stereocenters. The molecule has 1 atom stereocenters. The number of benzene rings is 1. The Balaban J connectivity index is 2.47. The highest BCUT2D eigenvalue weighted by molar-refractivity contribution is 7.99. The molecule has 0 saturated carbocycles. The minimum atomic E-state index is -0.902. The number of thioether (sulfide) groups is 1. The summed E-state index contributed by atoms with van der Waals surface area (Å²) in [5.74, 6) is 1.25. The zero-order chi connectivity index (χ0) is 14.3. The smallest absolute Gasteiger partial charge is 0.230 e. The Bertz CT molecular complexity index is 409. The average Bonchev–Trinajstić information content (AvgIpc) is 2.36. The highest BCUT2D eigenvalue weighted by Gasteiger charge is 2.16. The lowest BCUT2D eigenvalue weighted by atomic mass is 10.1. The number of aliphatic hydroxyl groups is 1. The van der Waals surface area contributed by atoms with E-state index in [-0.39, 0.29) is 12.5 Å². The number of hydrogen-bond acceptors (Lipinski definition) is 3. The van der Waals surface area contributed by atoms with Crippen LogP contribution in [0.5, 0.6) is 0 Å². The first-order valence-corrected chi connectivity index (χ1v) is 7.93. The maximum absolute atomic E-state index is 11.5. The van der Waals surface area contributed by atoms with Crippen molar-refractivity contribution in [2.75, 3.05) is 18.1 Å². The summed E-state index contributed by atoms with van der Waals surface area (Å²) in [6.07, 6.45) is 0.136. The van der Waals surface area contributed by atoms with Gasteiger partial charge < -0.3 is 10.4 Å². The molecule has 0 fully saturated rings. The molecule has 0 spiro atoms. The van der Waals surface area contributed by atoms with E-state index in [9.17, 15) is 9.90 Å². The van der Waals surface area contributed by atoms with Crippen molar-refractivity contribution in [2.45, 2.75) is 19.4 Å². The van der Waals surface area contributed by atoms with Crippen molar-refractivity contribution in [1.82, 2.24) is 5.32 Å². The van der Waals surface area contributed by atoms with Gasteiger partial charge in [0.2, 0.25) is 5.91 Å². The number of halogens is 2. The van der Waals surface area contributed by atoms with Crippen LogP contribution in [0, 0.1) is 0 Å². The minimum Gasteiger partial charge on any atom is -0.386 e. The van der Waals surface area contributed by atoms with E-state index >= 15 is 0 Å². The summed E-state index contributed by atoms with van der Waals surface area (Å²) < 4.78 is 0. The van der Waals surface area contributed by atoms with Crippen molar-refractivity contribution in [1.29, 1.82) is 0 Å². The van der Waals surface area contributed by atoms with Gasteiger partial charge in [0.25, 0.3) is 0 Å². The number of nitrogens with one attached hydrogen (secondary N) is 1. The Labute approximate surface area is 127 Å². The third kappa shape index (κ3) is 5.61. The Morgan fingerprint density at radius 2 is 2.05 bits per heavy atom. The Morgan fingerprint density at radius 3 is 2.63 bits per heavy atom. The first kappa shape index (κ1) is 16.6. The second-order valence-electron chi connectivity index (χ2n) is 4.01. The van der Waals surface area contributed by atoms with E-state index in [4.69, 9.17) is 23.2 Å². The summed E-state index contributed by atoms with van der Waals surface area (Å²) >= 11 is 13.5. The summed E-state index contributed by atoms with van der Waals surface area (Å²) in [6, 6.07) is 5.02. The second kappa shape index (κ2) is 8.69. The molecule has 0 aliphatic heterocycles. The predicted octanol–water partition coefficient (Wildman–Crippen LogP) is 3.29. The fraction of sp³-hybridized carbons (Fsp3) is 0.462. The van der Waals surface area contributed by atoms with Gasteiger partial charge in [0.05, 0.1) is 11.9 Å². The van der Waals surface area contributed by atoms with Crippen LogP contribution in [-0.2, 0) is 4.79 Å². The van der Waals surface area contributed by atoms with Crippen LogP contribution in [0.25, 0.3) is 0 Å². The molecule has 6 heteroatoms. The molecule has 1 rings (SSSR count). The molecule has 19 heavy (non-hydrogen) atoms. The van der Waals surface area contributed by atoms with E-state index in [0.717, 1.165) is 12.2 Å². The number of aliphatic hydroxyl groups excluding tert-OH is 1. The van der Waals surface area contributed by atoms with E-state index in [0.29, 0.717) is 21.4 Å². The third-order valence-corrected chi connectivity index (χ3v) is 4.23. The maximum atomic E-state index is 11.5. The molecule has 2 N–H and O–H groups in total. The number of rotatable bonds is 7. The molecule has 0 radical (unpaired) electrons. The van der Waals surface area contributed by atoms with Gasteiger partial charge in [-0.05, 0) is 24.3 Å². The van der Waals surface area contributed by atoms with Crippen LogP contribution in [0.1, 0.15) is 25.0 Å². The van der Waals surface area contributed by atoms with Gasteiger partial charge in [0, 0.05) is 22.2 Å². The van der Waals surface area contributed by atoms with Gasteiger partial charge in [0.1, 0.15) is 0 Å². The maximum Gasteiger partial charge on any atom is 0.230 e. The first-order chi connectivity index (χ1) is 9.06. The molecule has 0 saturated heterocycles. The van der Waals surface area contributed by atoms with E-state index in [2.05, 4.69) is 12.2 Å². The van der Waals surface area contributed by atoms with Gasteiger partial charge in [-0.1, -0.05) is 36.2 Å². The van der Waals surface area contributed by atoms with Gasteiger partial charge in [0.15, 0.2) is 0 Å². The fourth-order valence-electron chi connectivity index (χ4n) is 1.50. The summed E-state index contributed by atoms with van der Waals surface area (Å²) in [7, 11) is 0. The van der Waals surface area contributed by atoms with Crippen molar-refractivity contribution in [2.24, 2.45) is 0 Å². The highest BCUT2D eigenvalue weighted by Crippen LogP contribution is 2.29. The number of carbonyl (C=O) groups excluding carboxylic acids is 1. The predicted molar refractivity (Wildman–Crippen MR) is 82.0 cm³/mol. The summed E-state index contributed by atoms with van der Waals surface area (Å²) in [5, 5.41) is 13.5. The van der Waals surface area contributed by atoms with Crippen LogP contribution in [0.3, 0.4) is 0 Å². The molecular weight excluding hydrogens is 305 g/mol. The molecule has 0 aliphatic carbocycles. The van der Waals surface area contributed by atoms with Crippen LogP contribution in [0.2, 0.25) is 10.0 Å². The Kier molecular flexibility index (Phi) is 7.61. The molecule has 1 aromatic carbocycles. The Morgan fingerprint density at radius 1 is 1.42 bits per heavy atom. The summed E-state index contributed by atoms with van der Waals surface area (Å²) in [6.45, 7) is 2.17. The normalized spacial score (nSPS) is 12.2. The van der Waals surface area contributed by atoms with Crippen LogP contribution in [-0.4, -0.2) is 29.1 Å². The van der Waals surface area contributed by atoms with Crippen LogP contribution in [0.4, 0.5) is 0 Å². The largest absolute Gasteiger partial charge is 0.386 e. The average molecular weight is 322 g/mol. The van der Waals surface area contributed by atoms with Gasteiger partial charge in [-0.3, -0.25) is 4.79 Å². The molecule has 0 aliphatic rings. The standard InChI is InChI=1S/C13H17Cl2NO2S/c1-2-6-19-8-12(18)16-7-11(17)13-9(14)4-3-5-10(13)15/h3-5,11,17H,2,6-8H2,1H3,(H,16,18). The van der Waals surface area contributed by atoms with Gasteiger partial charge in [-0.15, -0.1) is 0 Å². The van der Waals surface area contributed by atoms with E-state index < -0.39 is 6.10 Å². The molecule has 1 amide bonds. The third-order valence-electron chi connectivity index (χ3n) is 2.41. The van der Waals surface area contributed by atoms with Crippen LogP contribution < -0.4 is 5.32 Å². The van der Waals surface area contributed by atoms with Crippen LogP contribution >= 0.6 is 35.0 Å². The van der Waals surface area contributed by atoms with Gasteiger partial charge >= 0.3 is 0 Å². The number of hydrogen-bond donors (Lipinski definition) is 2. The van der Waals surface area contributed by atoms with E-state index in [1.165, 1.54) is 0 Å². The zero-order valence-corrected chi connectivity index (χ0v) is 13.0. The van der Waals surface area contributed by atoms with Crippen molar-refractivity contribution in [3.05, 3.63) is 33.8 Å². The second-order valence-corrected chi connectivity index (χ2v) is 5.93. The Hall–Kier alpha value is -0.420. The minimum absolute atomic E-state index is 0.0966. The lowest BCUT2D eigenvalue weighted by molar-refractivity contribution is -0.119. The molecule has 0 heterocycles. The number of amides is 1. The molecule has 0 aromatic heterocycles. The molecule has 0 bridgehead atoms. The first-order valence-electron chi connectivity index (χ1n) is 6.02. The van der Waals surface area contributed by atoms with Gasteiger partial charge in [-0.25, -0.2) is 0 Å². The van der Waals surface area contributed by atoms with Crippen molar-refractivity contribution in [3.8, 4) is 0 Å². The van der Waals surface area contributed by atoms with Crippen LogP contribution in [0.15, 0.2) is 18.2 Å². The van der Waals surface area contributed by atoms with Crippen molar-refractivity contribution >= 4 is 40.9 Å². The molecule has 3 nitrogen and oxygen atoms in total. The number of carbonyl (C=O) groups is 1. The topological polar surface area (TPSA) is 49.3 Å².